The van der Waals surface area contributed by atoms with E-state index in [2.05, 4.69) is 15.6 Å². The van der Waals surface area contributed by atoms with Crippen molar-refractivity contribution >= 4 is 34.3 Å². The third kappa shape index (κ3) is 1.94. The zero-order valence-electron chi connectivity index (χ0n) is 11.6. The number of carbonyl (C=O) groups excluding carboxylic acids is 3. The Morgan fingerprint density at radius 2 is 1.95 bits per heavy atom. The highest BCUT2D eigenvalue weighted by molar-refractivity contribution is 7.13. The van der Waals surface area contributed by atoms with Gasteiger partial charge in [-0.25, -0.2) is 9.78 Å². The average molecular weight is 318 g/mol. The van der Waals surface area contributed by atoms with E-state index >= 15 is 0 Å². The van der Waals surface area contributed by atoms with Gasteiger partial charge in [-0.15, -0.1) is 11.3 Å². The maximum atomic E-state index is 12.4. The fraction of sp³-hybridized carbons (Fsp3) is 0.429. The van der Waals surface area contributed by atoms with Gasteiger partial charge < -0.3 is 5.32 Å². The van der Waals surface area contributed by atoms with Crippen molar-refractivity contribution in [2.45, 2.75) is 6.42 Å². The summed E-state index contributed by atoms with van der Waals surface area (Å²) in [5.74, 6) is -0.429. The monoisotopic (exact) mass is 318 g/mol. The third-order valence-electron chi connectivity index (χ3n) is 4.61. The summed E-state index contributed by atoms with van der Waals surface area (Å²) in [4.78, 5) is 41.7. The summed E-state index contributed by atoms with van der Waals surface area (Å²) < 4.78 is 0. The molecule has 0 radical (unpaired) electrons. The van der Waals surface area contributed by atoms with E-state index in [1.165, 1.54) is 16.2 Å². The number of thiazole rings is 1. The number of nitrogens with zero attached hydrogens (tertiary/aromatic N) is 2. The summed E-state index contributed by atoms with van der Waals surface area (Å²) in [7, 11) is 0. The van der Waals surface area contributed by atoms with Crippen molar-refractivity contribution < 1.29 is 14.4 Å². The number of amides is 4. The number of aromatic nitrogens is 1. The van der Waals surface area contributed by atoms with Gasteiger partial charge in [0, 0.05) is 11.6 Å². The fourth-order valence-electron chi connectivity index (χ4n) is 3.70. The first-order chi connectivity index (χ1) is 10.6. The van der Waals surface area contributed by atoms with Crippen molar-refractivity contribution in [1.82, 2.24) is 15.2 Å². The van der Waals surface area contributed by atoms with E-state index in [1.807, 2.05) is 12.2 Å². The van der Waals surface area contributed by atoms with Gasteiger partial charge in [-0.3, -0.25) is 19.8 Å². The molecular formula is C14H14N4O3S. The Bertz CT molecular complexity index is 642. The topological polar surface area (TPSA) is 91.4 Å². The van der Waals surface area contributed by atoms with Crippen LogP contribution in [-0.4, -0.2) is 34.4 Å². The standard InChI is InChI=1S/C14H14N4O3S/c19-11-9-7-1-2-8(5-7)10(9)12(20)18(11)6-16-13(21)17-14-15-3-4-22-14/h1-4,7-10H,5-6H2,(H2,15,16,17,21)/t7-,8-,9+,10+/m0/s1. The molecule has 1 saturated carbocycles. The molecule has 2 aliphatic carbocycles. The second-order valence-corrected chi connectivity index (χ2v) is 6.63. The summed E-state index contributed by atoms with van der Waals surface area (Å²) in [5, 5.41) is 7.31. The Labute approximate surface area is 130 Å². The Morgan fingerprint density at radius 3 is 2.55 bits per heavy atom. The van der Waals surface area contributed by atoms with Gasteiger partial charge in [0.15, 0.2) is 5.13 Å². The summed E-state index contributed by atoms with van der Waals surface area (Å²) in [5.41, 5.74) is 0. The lowest BCUT2D eigenvalue weighted by atomic mass is 9.85. The number of hydrogen-bond donors (Lipinski definition) is 2. The maximum absolute atomic E-state index is 12.4. The minimum absolute atomic E-state index is 0.0959. The van der Waals surface area contributed by atoms with Gasteiger partial charge in [-0.2, -0.15) is 0 Å². The lowest BCUT2D eigenvalue weighted by molar-refractivity contribution is -0.140. The van der Waals surface area contributed by atoms with Crippen molar-refractivity contribution in [3.05, 3.63) is 23.7 Å². The molecule has 4 amide bonds. The lowest BCUT2D eigenvalue weighted by Gasteiger charge is -2.17. The molecule has 0 unspecified atom stereocenters. The molecular weight excluding hydrogens is 304 g/mol. The molecule has 2 bridgehead atoms. The normalized spacial score (nSPS) is 31.7. The van der Waals surface area contributed by atoms with Crippen molar-refractivity contribution in [2.24, 2.45) is 23.7 Å². The number of hydrogen-bond acceptors (Lipinski definition) is 5. The van der Waals surface area contributed by atoms with Crippen LogP contribution in [0.3, 0.4) is 0 Å². The molecule has 4 atom stereocenters. The molecule has 8 heteroatoms. The first kappa shape index (κ1) is 13.4. The lowest BCUT2D eigenvalue weighted by Crippen LogP contribution is -2.43. The Morgan fingerprint density at radius 1 is 1.27 bits per heavy atom. The van der Waals surface area contributed by atoms with Gasteiger partial charge in [-0.05, 0) is 18.3 Å². The maximum Gasteiger partial charge on any atom is 0.322 e. The largest absolute Gasteiger partial charge is 0.322 e. The number of urea groups is 1. The van der Waals surface area contributed by atoms with E-state index in [4.69, 9.17) is 0 Å². The first-order valence-electron chi connectivity index (χ1n) is 7.13. The number of nitrogens with one attached hydrogen (secondary N) is 2. The predicted octanol–water partition coefficient (Wildman–Crippen LogP) is 1.03. The Kier molecular flexibility index (Phi) is 3.00. The van der Waals surface area contributed by atoms with Crippen LogP contribution in [0.4, 0.5) is 9.93 Å². The minimum Gasteiger partial charge on any atom is -0.320 e. The summed E-state index contributed by atoms with van der Waals surface area (Å²) in [6.45, 7) is -0.0959. The van der Waals surface area contributed by atoms with Crippen LogP contribution in [-0.2, 0) is 9.59 Å². The van der Waals surface area contributed by atoms with E-state index in [1.54, 1.807) is 11.6 Å². The SMILES string of the molecule is O=C(NCN1C(=O)[C@H]2[C@H](C1=O)[C@H]1C=C[C@H]2C1)Nc1nccs1. The van der Waals surface area contributed by atoms with Crippen molar-refractivity contribution in [3.8, 4) is 0 Å². The highest BCUT2D eigenvalue weighted by Crippen LogP contribution is 2.52. The number of allylic oxidation sites excluding steroid dienone is 2. The van der Waals surface area contributed by atoms with Crippen LogP contribution in [0.25, 0.3) is 0 Å². The Balaban J connectivity index is 1.39. The number of likely N-dealkylation sites (tertiary alicyclic amines) is 1. The van der Waals surface area contributed by atoms with Crippen LogP contribution in [0.5, 0.6) is 0 Å². The van der Waals surface area contributed by atoms with E-state index in [9.17, 15) is 14.4 Å². The molecule has 4 rings (SSSR count). The van der Waals surface area contributed by atoms with Crippen LogP contribution in [0, 0.1) is 23.7 Å². The minimum atomic E-state index is -0.478. The molecule has 2 heterocycles. The number of fused-ring (bicyclic) bond motifs is 5. The van der Waals surface area contributed by atoms with Crippen LogP contribution in [0.2, 0.25) is 0 Å². The number of carbonyl (C=O) groups is 3. The molecule has 1 aromatic rings. The van der Waals surface area contributed by atoms with E-state index < -0.39 is 6.03 Å². The molecule has 3 aliphatic rings. The number of rotatable bonds is 3. The van der Waals surface area contributed by atoms with Gasteiger partial charge in [0.1, 0.15) is 6.67 Å². The third-order valence-corrected chi connectivity index (χ3v) is 5.30. The van der Waals surface area contributed by atoms with E-state index in [-0.39, 0.29) is 42.2 Å². The molecule has 22 heavy (non-hydrogen) atoms. The Hall–Kier alpha value is -2.22. The van der Waals surface area contributed by atoms with Gasteiger partial charge in [-0.1, -0.05) is 12.2 Å². The molecule has 7 nitrogen and oxygen atoms in total. The summed E-state index contributed by atoms with van der Waals surface area (Å²) in [6.07, 6.45) is 6.57. The number of imide groups is 1. The van der Waals surface area contributed by atoms with Gasteiger partial charge in [0.05, 0.1) is 11.8 Å². The van der Waals surface area contributed by atoms with Gasteiger partial charge >= 0.3 is 6.03 Å². The molecule has 0 aromatic carbocycles. The van der Waals surface area contributed by atoms with Gasteiger partial charge in [0.25, 0.3) is 0 Å². The molecule has 114 valence electrons. The summed E-state index contributed by atoms with van der Waals surface area (Å²) >= 11 is 1.29. The van der Waals surface area contributed by atoms with Crippen molar-refractivity contribution in [1.29, 1.82) is 0 Å². The van der Waals surface area contributed by atoms with Crippen LogP contribution < -0.4 is 10.6 Å². The average Bonchev–Trinajstić information content (AvgIpc) is 3.24. The highest BCUT2D eigenvalue weighted by Gasteiger charge is 2.59. The zero-order valence-corrected chi connectivity index (χ0v) is 12.4. The molecule has 2 fully saturated rings. The molecule has 1 saturated heterocycles. The predicted molar refractivity (Wildman–Crippen MR) is 78.7 cm³/mol. The zero-order chi connectivity index (χ0) is 15.3. The van der Waals surface area contributed by atoms with E-state index in [0.29, 0.717) is 5.13 Å². The molecule has 1 aliphatic heterocycles. The second-order valence-electron chi connectivity index (χ2n) is 5.73. The van der Waals surface area contributed by atoms with Crippen LogP contribution >= 0.6 is 11.3 Å². The molecule has 0 spiro atoms. The first-order valence-corrected chi connectivity index (χ1v) is 8.01. The van der Waals surface area contributed by atoms with Crippen LogP contribution in [0.1, 0.15) is 6.42 Å². The van der Waals surface area contributed by atoms with Crippen molar-refractivity contribution in [2.75, 3.05) is 12.0 Å². The number of anilines is 1. The summed E-state index contributed by atoms with van der Waals surface area (Å²) in [6, 6.07) is -0.478. The fourth-order valence-corrected chi connectivity index (χ4v) is 4.22. The van der Waals surface area contributed by atoms with Gasteiger partial charge in [0.2, 0.25) is 11.8 Å². The van der Waals surface area contributed by atoms with Crippen LogP contribution in [0.15, 0.2) is 23.7 Å². The van der Waals surface area contributed by atoms with E-state index in [0.717, 1.165) is 6.42 Å². The smallest absolute Gasteiger partial charge is 0.320 e. The quantitative estimate of drug-likeness (QED) is 0.643. The van der Waals surface area contributed by atoms with Crippen molar-refractivity contribution in [3.63, 3.8) is 0 Å². The molecule has 2 N–H and O–H groups in total. The second kappa shape index (κ2) is 4.91. The molecule has 1 aromatic heterocycles. The highest BCUT2D eigenvalue weighted by atomic mass is 32.1.